The van der Waals surface area contributed by atoms with Crippen molar-refractivity contribution in [3.8, 4) is 5.88 Å². The van der Waals surface area contributed by atoms with E-state index in [0.29, 0.717) is 19.0 Å². The molecule has 4 rings (SSSR count). The first-order valence-corrected chi connectivity index (χ1v) is 16.2. The summed E-state index contributed by atoms with van der Waals surface area (Å²) in [4.78, 5) is 54.2. The van der Waals surface area contributed by atoms with Crippen LogP contribution in [0.3, 0.4) is 0 Å². The zero-order chi connectivity index (χ0) is 35.4. The summed E-state index contributed by atoms with van der Waals surface area (Å²) in [6, 6.07) is -4.00. The number of carbonyl (C=O) groups excluding carboxylic acids is 4. The molecule has 264 valence electrons. The number of aryl methyl sites for hydroxylation is 1. The number of ketones is 1. The van der Waals surface area contributed by atoms with Gasteiger partial charge in [0, 0.05) is 32.1 Å². The molecule has 3 fully saturated rings. The van der Waals surface area contributed by atoms with Crippen molar-refractivity contribution in [3.05, 3.63) is 11.8 Å². The van der Waals surface area contributed by atoms with Crippen LogP contribution in [0, 0.1) is 29.1 Å². The van der Waals surface area contributed by atoms with Crippen LogP contribution >= 0.6 is 0 Å². The molecule has 20 heteroatoms. The summed E-state index contributed by atoms with van der Waals surface area (Å²) in [5.74, 6) is -5.95. The van der Waals surface area contributed by atoms with Crippen molar-refractivity contribution in [2.24, 2.45) is 36.1 Å². The first kappa shape index (κ1) is 36.4. The molecule has 1 aromatic rings. The van der Waals surface area contributed by atoms with Crippen LogP contribution in [-0.4, -0.2) is 89.9 Å². The van der Waals surface area contributed by atoms with Gasteiger partial charge >= 0.3 is 21.7 Å². The molecule has 3 amide bonds. The molecule has 0 radical (unpaired) electrons. The fraction of sp³-hybridized carbons (Fsp3) is 0.741. The number of fused-ring (bicyclic) bond motifs is 1. The maximum absolute atomic E-state index is 13.9. The fourth-order valence-corrected chi connectivity index (χ4v) is 7.19. The Morgan fingerprint density at radius 2 is 1.81 bits per heavy atom. The highest BCUT2D eigenvalue weighted by Gasteiger charge is 2.70. The average molecular weight is 703 g/mol. The maximum Gasteiger partial charge on any atom is 0.511 e. The van der Waals surface area contributed by atoms with Gasteiger partial charge in [-0.25, -0.2) is 13.1 Å². The zero-order valence-corrected chi connectivity index (χ0v) is 26.8. The number of nitrogens with zero attached hydrogens (tertiary/aromatic N) is 3. The van der Waals surface area contributed by atoms with Gasteiger partial charge in [0.1, 0.15) is 12.1 Å². The predicted octanol–water partition coefficient (Wildman–Crippen LogP) is 1.34. The molecule has 1 aromatic heterocycles. The minimum Gasteiger partial charge on any atom is -0.470 e. The minimum atomic E-state index is -5.93. The Labute approximate surface area is 266 Å². The van der Waals surface area contributed by atoms with Crippen LogP contribution in [0.1, 0.15) is 46.2 Å². The Morgan fingerprint density at radius 1 is 1.17 bits per heavy atom. The highest BCUT2D eigenvalue weighted by molar-refractivity contribution is 7.90. The molecule has 0 bridgehead atoms. The van der Waals surface area contributed by atoms with Crippen molar-refractivity contribution in [2.45, 2.75) is 70.3 Å². The highest BCUT2D eigenvalue weighted by Crippen LogP contribution is 2.65. The lowest BCUT2D eigenvalue weighted by atomic mass is 9.94. The minimum absolute atomic E-state index is 0.0691. The number of hydrogen-bond donors (Lipinski definition) is 3. The van der Waals surface area contributed by atoms with E-state index >= 15 is 0 Å². The number of nitrogens with one attached hydrogen (secondary N) is 3. The van der Waals surface area contributed by atoms with Gasteiger partial charge in [0.05, 0.1) is 6.04 Å². The van der Waals surface area contributed by atoms with Crippen molar-refractivity contribution in [1.29, 1.82) is 0 Å². The van der Waals surface area contributed by atoms with E-state index in [1.165, 1.54) is 18.6 Å². The summed E-state index contributed by atoms with van der Waals surface area (Å²) in [6.45, 7) is 5.71. The third kappa shape index (κ3) is 7.36. The quantitative estimate of drug-likeness (QED) is 0.275. The molecular weight excluding hydrogens is 666 g/mol. The molecule has 3 aliphatic rings. The first-order chi connectivity index (χ1) is 21.5. The summed E-state index contributed by atoms with van der Waals surface area (Å²) in [6.07, 6.45) is -4.68. The van der Waals surface area contributed by atoms with Crippen molar-refractivity contribution in [2.75, 3.05) is 19.7 Å². The standard InChI is InChI=1S/C27H36F6N6O7S/c1-12(2)20(37-47(44,45)27(31,32)33)24(43)39-10-14-19(25(14,3)4)21(39)23(42)35-15(8-13-6-7-34-22(13)41)16(40)11-46-18-9-17(26(28,29)30)36-38(18)5/h9,12-15,19-21,37H,6-8,10-11H2,1-5H3,(H,34,41)(H,35,42)/t13-,14-,15-,19-,20-,21-/m0/s1. The van der Waals surface area contributed by atoms with E-state index in [9.17, 15) is 53.9 Å². The van der Waals surface area contributed by atoms with Gasteiger partial charge in [-0.3, -0.25) is 19.2 Å². The SMILES string of the molecule is CC(C)[C@H](NS(=O)(=O)C(F)(F)F)C(=O)N1C[C@H]2[C@@H]([C@H]1C(=O)N[C@@H](C[C@@H]1CCNC1=O)C(=O)COc1cc(C(F)(F)F)nn1C)C2(C)C. The van der Waals surface area contributed by atoms with Crippen molar-refractivity contribution >= 4 is 33.5 Å². The van der Waals surface area contributed by atoms with Gasteiger partial charge in [-0.05, 0) is 36.0 Å². The van der Waals surface area contributed by atoms with E-state index in [0.717, 1.165) is 16.6 Å². The van der Waals surface area contributed by atoms with E-state index in [2.05, 4.69) is 15.7 Å². The van der Waals surface area contributed by atoms with Crippen LogP contribution in [0.5, 0.6) is 5.88 Å². The summed E-state index contributed by atoms with van der Waals surface area (Å²) in [5.41, 5.74) is -7.45. The van der Waals surface area contributed by atoms with Crippen LogP contribution in [-0.2, 0) is 42.4 Å². The number of rotatable bonds is 12. The highest BCUT2D eigenvalue weighted by atomic mass is 32.2. The number of aromatic nitrogens is 2. The molecular formula is C27H36F6N6O7S. The fourth-order valence-electron chi connectivity index (χ4n) is 6.35. The number of likely N-dealkylation sites (tertiary alicyclic amines) is 1. The third-order valence-corrected chi connectivity index (χ3v) is 10.3. The van der Waals surface area contributed by atoms with E-state index in [1.54, 1.807) is 0 Å². The second kappa shape index (κ2) is 12.6. The van der Waals surface area contributed by atoms with E-state index < -0.39 is 105 Å². The Kier molecular flexibility index (Phi) is 9.73. The van der Waals surface area contributed by atoms with Crippen LogP contribution < -0.4 is 20.1 Å². The second-order valence-electron chi connectivity index (χ2n) is 13.0. The van der Waals surface area contributed by atoms with Gasteiger partial charge in [-0.2, -0.15) is 36.2 Å². The first-order valence-electron chi connectivity index (χ1n) is 14.7. The lowest BCUT2D eigenvalue weighted by Crippen LogP contribution is -2.59. The number of Topliss-reactive ketones (excluding diaryl/α,β-unsaturated/α-hetero) is 1. The molecule has 2 saturated heterocycles. The topological polar surface area (TPSA) is 169 Å². The van der Waals surface area contributed by atoms with Gasteiger partial charge in [0.2, 0.25) is 23.6 Å². The molecule has 13 nitrogen and oxygen atoms in total. The Hall–Kier alpha value is -3.42. The van der Waals surface area contributed by atoms with Gasteiger partial charge in [0.15, 0.2) is 18.1 Å². The number of carbonyl (C=O) groups is 4. The molecule has 3 N–H and O–H groups in total. The van der Waals surface area contributed by atoms with Crippen LogP contribution in [0.15, 0.2) is 6.07 Å². The lowest BCUT2D eigenvalue weighted by Gasteiger charge is -2.35. The summed E-state index contributed by atoms with van der Waals surface area (Å²) >= 11 is 0. The largest absolute Gasteiger partial charge is 0.511 e. The van der Waals surface area contributed by atoms with Crippen LogP contribution in [0.2, 0.25) is 0 Å². The van der Waals surface area contributed by atoms with E-state index in [1.807, 2.05) is 13.8 Å². The molecule has 0 aromatic carbocycles. The van der Waals surface area contributed by atoms with Crippen molar-refractivity contribution in [1.82, 2.24) is 30.0 Å². The number of alkyl halides is 6. The lowest BCUT2D eigenvalue weighted by molar-refractivity contribution is -0.143. The molecule has 3 heterocycles. The Bertz CT molecular complexity index is 1530. The van der Waals surface area contributed by atoms with Gasteiger partial charge in [0.25, 0.3) is 0 Å². The number of halogens is 6. The summed E-state index contributed by atoms with van der Waals surface area (Å²) < 4.78 is 110. The normalized spacial score (nSPS) is 25.3. The summed E-state index contributed by atoms with van der Waals surface area (Å²) in [7, 11) is -4.77. The van der Waals surface area contributed by atoms with Gasteiger partial charge in [-0.1, -0.05) is 27.7 Å². The monoisotopic (exact) mass is 702 g/mol. The van der Waals surface area contributed by atoms with Crippen molar-refractivity contribution in [3.63, 3.8) is 0 Å². The number of amides is 3. The number of ether oxygens (including phenoxy) is 1. The predicted molar refractivity (Wildman–Crippen MR) is 149 cm³/mol. The molecule has 0 unspecified atom stereocenters. The number of hydrogen-bond acceptors (Lipinski definition) is 8. The Balaban J connectivity index is 1.57. The number of piperidine rings is 1. The molecule has 6 atom stereocenters. The Morgan fingerprint density at radius 3 is 2.32 bits per heavy atom. The molecule has 47 heavy (non-hydrogen) atoms. The van der Waals surface area contributed by atoms with E-state index in [-0.39, 0.29) is 18.9 Å². The maximum atomic E-state index is 13.9. The zero-order valence-electron chi connectivity index (χ0n) is 26.0. The van der Waals surface area contributed by atoms with Crippen LogP contribution in [0.4, 0.5) is 26.3 Å². The van der Waals surface area contributed by atoms with Crippen molar-refractivity contribution < 1.29 is 58.7 Å². The number of sulfonamides is 1. The summed E-state index contributed by atoms with van der Waals surface area (Å²) in [5, 5.41) is 8.45. The molecule has 1 aliphatic carbocycles. The molecule has 1 saturated carbocycles. The molecule has 0 spiro atoms. The van der Waals surface area contributed by atoms with Gasteiger partial charge in [-0.15, -0.1) is 0 Å². The third-order valence-electron chi connectivity index (χ3n) is 9.16. The van der Waals surface area contributed by atoms with E-state index in [4.69, 9.17) is 4.74 Å². The smallest absolute Gasteiger partial charge is 0.470 e. The van der Waals surface area contributed by atoms with Gasteiger partial charge < -0.3 is 20.3 Å². The molecule has 2 aliphatic heterocycles. The average Bonchev–Trinajstić information content (AvgIpc) is 3.42. The second-order valence-corrected chi connectivity index (χ2v) is 14.7. The van der Waals surface area contributed by atoms with Crippen LogP contribution in [0.25, 0.3) is 0 Å².